The Kier molecular flexibility index (Phi) is 20.7. The van der Waals surface area contributed by atoms with Gasteiger partial charge < -0.3 is 41.7 Å². The van der Waals surface area contributed by atoms with Crippen molar-refractivity contribution in [1.29, 1.82) is 0 Å². The lowest BCUT2D eigenvalue weighted by molar-refractivity contribution is -0.192. The van der Waals surface area contributed by atoms with Crippen molar-refractivity contribution in [3.05, 3.63) is 89.0 Å². The number of carboxylic acids is 1. The van der Waals surface area contributed by atoms with E-state index in [2.05, 4.69) is 50.7 Å². The molecule has 1 aliphatic carbocycles. The number of hydrogen-bond donors (Lipinski definition) is 8. The third kappa shape index (κ3) is 18.4. The molecule has 3 aromatic rings. The minimum absolute atomic E-state index is 0.0861. The fourth-order valence-corrected chi connectivity index (χ4v) is 7.09. The summed E-state index contributed by atoms with van der Waals surface area (Å²) < 4.78 is 37.1. The van der Waals surface area contributed by atoms with E-state index in [1.807, 2.05) is 70.2 Å². The molecule has 4 rings (SSSR count). The number of alkyl carbamates (subject to hydrolysis) is 1. The van der Waals surface area contributed by atoms with Gasteiger partial charge in [-0.3, -0.25) is 14.4 Å². The molecule has 0 spiro atoms. The number of nitrogens with zero attached hydrogens (tertiary/aromatic N) is 2. The van der Waals surface area contributed by atoms with Crippen LogP contribution in [0.5, 0.6) is 0 Å². The summed E-state index contributed by atoms with van der Waals surface area (Å²) in [7, 11) is 0. The summed E-state index contributed by atoms with van der Waals surface area (Å²) in [5, 5.41) is 22.8. The zero-order valence-corrected chi connectivity index (χ0v) is 37.9. The number of carbonyl (C=O) groups excluding carboxylic acids is 4. The van der Waals surface area contributed by atoms with Crippen LogP contribution in [0, 0.1) is 18.8 Å². The molecule has 0 bridgehead atoms. The lowest BCUT2D eigenvalue weighted by Crippen LogP contribution is -2.48. The number of benzene rings is 3. The Bertz CT molecular complexity index is 2060. The molecule has 19 heteroatoms. The van der Waals surface area contributed by atoms with Crippen molar-refractivity contribution in [3.8, 4) is 11.1 Å². The third-order valence-electron chi connectivity index (χ3n) is 10.7. The van der Waals surface area contributed by atoms with E-state index in [4.69, 9.17) is 26.2 Å². The zero-order valence-electron chi connectivity index (χ0n) is 37.9. The number of rotatable bonds is 18. The molecule has 1 fully saturated rings. The van der Waals surface area contributed by atoms with Crippen LogP contribution in [-0.2, 0) is 25.5 Å². The first-order valence-corrected chi connectivity index (χ1v) is 21.6. The van der Waals surface area contributed by atoms with E-state index >= 15 is 0 Å². The third-order valence-corrected chi connectivity index (χ3v) is 10.7. The van der Waals surface area contributed by atoms with Crippen LogP contribution in [0.3, 0.4) is 0 Å². The number of hydrazone groups is 1. The van der Waals surface area contributed by atoms with Gasteiger partial charge in [0.1, 0.15) is 11.6 Å². The van der Waals surface area contributed by atoms with E-state index in [-0.39, 0.29) is 41.8 Å². The summed E-state index contributed by atoms with van der Waals surface area (Å²) >= 11 is 0. The van der Waals surface area contributed by atoms with Crippen LogP contribution < -0.4 is 38.4 Å². The standard InChI is InChI=1S/C44H63N9O5.C2HF3O2/c1-7-53(8-2)25-9-24-47-40(54)35-20-23-37(29(3)26-35)32-14-10-30(11-15-32)27-38(42(56)49-36-21-18-33(19-22-36)39(45)51-52-46)50-41(55)34-16-12-31(13-17-34)28-48-43(57)58-44(4,5)6;3-2(4,5)1(6)7/h10-11,14-15,18-23,26,31,34,38,52H,7-9,12-13,16-17,24-25,27-28,46H2,1-6H3,(H2,45,51)(H,47,54)(H,48,57)(H,49,56)(H,50,55);(H,6,7)/t31?,34?,38-;/m0./s1. The number of carbonyl (C=O) groups is 5. The van der Waals surface area contributed by atoms with Crippen LogP contribution in [0.1, 0.15) is 93.8 Å². The lowest BCUT2D eigenvalue weighted by atomic mass is 9.81. The molecule has 16 nitrogen and oxygen atoms in total. The first kappa shape index (κ1) is 53.1. The smallest absolute Gasteiger partial charge is 0.475 e. The number of hydrazine groups is 1. The topological polar surface area (TPSA) is 243 Å². The van der Waals surface area contributed by atoms with E-state index in [0.717, 1.165) is 61.2 Å². The van der Waals surface area contributed by atoms with Gasteiger partial charge in [-0.2, -0.15) is 13.2 Å². The van der Waals surface area contributed by atoms with Crippen LogP contribution in [0.2, 0.25) is 0 Å². The number of aryl methyl sites for hydroxylation is 1. The summed E-state index contributed by atoms with van der Waals surface area (Å²) in [5.74, 6) is 2.05. The second-order valence-electron chi connectivity index (χ2n) is 16.7. The lowest BCUT2D eigenvalue weighted by Gasteiger charge is -2.29. The molecule has 4 amide bonds. The maximum Gasteiger partial charge on any atom is 0.490 e. The zero-order chi connectivity index (χ0) is 48.3. The Morgan fingerprint density at radius 1 is 0.892 bits per heavy atom. The number of amides is 4. The number of nitrogens with two attached hydrogens (primary N) is 2. The van der Waals surface area contributed by atoms with E-state index in [9.17, 15) is 32.3 Å². The van der Waals surface area contributed by atoms with Gasteiger partial charge >= 0.3 is 18.2 Å². The molecular formula is C46H64F3N9O7. The molecule has 0 aliphatic heterocycles. The van der Waals surface area contributed by atoms with Crippen molar-refractivity contribution < 1.29 is 47.0 Å². The molecule has 1 aliphatic rings. The monoisotopic (exact) mass is 911 g/mol. The van der Waals surface area contributed by atoms with Crippen molar-refractivity contribution in [2.45, 2.75) is 97.9 Å². The van der Waals surface area contributed by atoms with Crippen molar-refractivity contribution >= 4 is 41.3 Å². The number of hydrogen-bond acceptors (Lipinski definition) is 10. The highest BCUT2D eigenvalue weighted by Crippen LogP contribution is 2.29. The Morgan fingerprint density at radius 2 is 1.49 bits per heavy atom. The van der Waals surface area contributed by atoms with Gasteiger partial charge in [-0.05, 0) is 144 Å². The molecule has 10 N–H and O–H groups in total. The van der Waals surface area contributed by atoms with Gasteiger partial charge in [-0.15, -0.1) is 5.10 Å². The molecule has 65 heavy (non-hydrogen) atoms. The van der Waals surface area contributed by atoms with E-state index in [1.165, 1.54) is 0 Å². The number of nitrogens with one attached hydrogen (secondary N) is 5. The normalized spacial score (nSPS) is 15.7. The van der Waals surface area contributed by atoms with Crippen molar-refractivity contribution in [3.63, 3.8) is 0 Å². The summed E-state index contributed by atoms with van der Waals surface area (Å²) in [5.41, 5.74) is 13.1. The summed E-state index contributed by atoms with van der Waals surface area (Å²) in [6, 6.07) is 19.6. The highest BCUT2D eigenvalue weighted by molar-refractivity contribution is 6.00. The Labute approximate surface area is 378 Å². The molecule has 356 valence electrons. The Balaban J connectivity index is 0.00000148. The van der Waals surface area contributed by atoms with Crippen molar-refractivity contribution in [2.75, 3.05) is 38.0 Å². The quantitative estimate of drug-likeness (QED) is 0.0248. The van der Waals surface area contributed by atoms with Crippen LogP contribution >= 0.6 is 0 Å². The van der Waals surface area contributed by atoms with Gasteiger partial charge in [0.15, 0.2) is 5.84 Å². The maximum atomic E-state index is 13.8. The average Bonchev–Trinajstić information content (AvgIpc) is 3.25. The fourth-order valence-electron chi connectivity index (χ4n) is 7.09. The number of amidine groups is 1. The molecule has 0 unspecified atom stereocenters. The van der Waals surface area contributed by atoms with Crippen LogP contribution in [0.4, 0.5) is 23.7 Å². The highest BCUT2D eigenvalue weighted by atomic mass is 19.4. The largest absolute Gasteiger partial charge is 0.490 e. The molecule has 0 saturated heterocycles. The first-order valence-electron chi connectivity index (χ1n) is 21.6. The predicted molar refractivity (Wildman–Crippen MR) is 243 cm³/mol. The van der Waals surface area contributed by atoms with Crippen molar-refractivity contribution in [2.24, 2.45) is 28.5 Å². The number of ether oxygens (including phenoxy) is 1. The van der Waals surface area contributed by atoms with Crippen molar-refractivity contribution in [1.82, 2.24) is 26.4 Å². The van der Waals surface area contributed by atoms with Crippen LogP contribution in [0.15, 0.2) is 71.8 Å². The fraction of sp³-hybridized carbons (Fsp3) is 0.478. The SMILES string of the molecule is CCN(CC)CCCNC(=O)c1ccc(-c2ccc(C[C@H](NC(=O)C3CCC(CNC(=O)OC(C)(C)C)CC3)C(=O)Nc3ccc(/C(N)=N/NN)cc3)cc2)c(C)c1.O=C(O)C(F)(F)F. The minimum Gasteiger partial charge on any atom is -0.475 e. The number of alkyl halides is 3. The average molecular weight is 912 g/mol. The Morgan fingerprint density at radius 3 is 2.03 bits per heavy atom. The minimum atomic E-state index is -5.08. The molecule has 0 heterocycles. The molecular weight excluding hydrogens is 848 g/mol. The summed E-state index contributed by atoms with van der Waals surface area (Å²) in [6.07, 6.45) is -1.54. The van der Waals surface area contributed by atoms with Crippen LogP contribution in [0.25, 0.3) is 11.1 Å². The van der Waals surface area contributed by atoms with E-state index in [0.29, 0.717) is 42.7 Å². The number of aliphatic carboxylic acids is 1. The van der Waals surface area contributed by atoms with E-state index < -0.39 is 29.9 Å². The molecule has 3 aromatic carbocycles. The second kappa shape index (κ2) is 25.3. The molecule has 0 aromatic heterocycles. The van der Waals surface area contributed by atoms with Gasteiger partial charge in [0, 0.05) is 42.2 Å². The summed E-state index contributed by atoms with van der Waals surface area (Å²) in [6.45, 7) is 15.8. The van der Waals surface area contributed by atoms with E-state index in [1.54, 1.807) is 24.3 Å². The second-order valence-corrected chi connectivity index (χ2v) is 16.7. The van der Waals surface area contributed by atoms with Crippen LogP contribution in [-0.4, -0.2) is 96.2 Å². The first-order chi connectivity index (χ1) is 30.6. The molecule has 1 saturated carbocycles. The van der Waals surface area contributed by atoms with Gasteiger partial charge in [-0.1, -0.05) is 44.2 Å². The molecule has 1 atom stereocenters. The highest BCUT2D eigenvalue weighted by Gasteiger charge is 2.38. The van der Waals surface area contributed by atoms with Gasteiger partial charge in [-0.25, -0.2) is 21.0 Å². The molecule has 0 radical (unpaired) electrons. The summed E-state index contributed by atoms with van der Waals surface area (Å²) in [4.78, 5) is 63.8. The predicted octanol–water partition coefficient (Wildman–Crippen LogP) is 5.84. The van der Waals surface area contributed by atoms with Gasteiger partial charge in [0.05, 0.1) is 0 Å². The number of carboxylic acid groups (broad SMARTS) is 1. The maximum absolute atomic E-state index is 13.8. The van der Waals surface area contributed by atoms with Gasteiger partial charge in [0.25, 0.3) is 5.91 Å². The number of anilines is 1. The number of halogens is 3. The Hall–Kier alpha value is -6.21. The van der Waals surface area contributed by atoms with Gasteiger partial charge in [0.2, 0.25) is 11.8 Å².